The van der Waals surface area contributed by atoms with Gasteiger partial charge in [-0.05, 0) is 60.9 Å². The molecule has 296 valence electrons. The van der Waals surface area contributed by atoms with Gasteiger partial charge in [0.1, 0.15) is 22.5 Å². The Morgan fingerprint density at radius 3 is 1.86 bits per heavy atom. The molecule has 0 aliphatic carbocycles. The Labute approximate surface area is 324 Å². The molecule has 14 nitrogen and oxygen atoms in total. The summed E-state index contributed by atoms with van der Waals surface area (Å²) in [5.74, 6) is 3.74. The Bertz CT molecular complexity index is 2220. The molecule has 0 saturated carbocycles. The molecule has 0 saturated heterocycles. The number of hydrogen-bond acceptors (Lipinski definition) is 13. The van der Waals surface area contributed by atoms with Crippen LogP contribution >= 0.6 is 0 Å². The van der Waals surface area contributed by atoms with Crippen LogP contribution in [0.5, 0.6) is 57.5 Å². The van der Waals surface area contributed by atoms with Crippen molar-refractivity contribution in [3.8, 4) is 68.8 Å². The number of hydrogen-bond donors (Lipinski definition) is 1. The number of fused-ring (bicyclic) bond motifs is 1. The van der Waals surface area contributed by atoms with E-state index in [0.717, 1.165) is 5.56 Å². The van der Waals surface area contributed by atoms with Crippen LogP contribution < -0.4 is 58.1 Å². The van der Waals surface area contributed by atoms with E-state index in [1.165, 1.54) is 48.7 Å². The van der Waals surface area contributed by atoms with Gasteiger partial charge in [0.15, 0.2) is 40.3 Å². The number of carbonyl (C=O) groups excluding carboxylic acids is 1. The van der Waals surface area contributed by atoms with Gasteiger partial charge >= 0.3 is 0 Å². The third kappa shape index (κ3) is 9.14. The van der Waals surface area contributed by atoms with Crippen LogP contribution in [0.25, 0.3) is 28.4 Å². The summed E-state index contributed by atoms with van der Waals surface area (Å²) in [4.78, 5) is 26.7. The van der Waals surface area contributed by atoms with E-state index in [1.54, 1.807) is 74.9 Å². The molecule has 56 heavy (non-hydrogen) atoms. The molecule has 1 heterocycles. The lowest BCUT2D eigenvalue weighted by Gasteiger charge is -2.17. The SMILES string of the molecule is COc1cc(OC)c2c(=O)c(OCCCCOc3ccc(/C=C/C(=O)Nc4ccc(OC)c(OC)c4)cc3OC)c(-c3cc(OC)c(OC)c(OC)c3)oc2c1. The van der Waals surface area contributed by atoms with E-state index >= 15 is 0 Å². The molecule has 0 fully saturated rings. The normalized spacial score (nSPS) is 10.9. The molecule has 4 aromatic carbocycles. The smallest absolute Gasteiger partial charge is 0.248 e. The number of unbranched alkanes of at least 4 members (excludes halogenated alkanes) is 1. The van der Waals surface area contributed by atoms with Gasteiger partial charge in [0.25, 0.3) is 0 Å². The highest BCUT2D eigenvalue weighted by molar-refractivity contribution is 6.02. The Kier molecular flexibility index (Phi) is 13.8. The van der Waals surface area contributed by atoms with Gasteiger partial charge < -0.3 is 57.1 Å². The van der Waals surface area contributed by atoms with E-state index in [4.69, 9.17) is 51.8 Å². The lowest BCUT2D eigenvalue weighted by molar-refractivity contribution is -0.111. The van der Waals surface area contributed by atoms with Crippen molar-refractivity contribution in [1.29, 1.82) is 0 Å². The molecule has 0 aliphatic heterocycles. The van der Waals surface area contributed by atoms with Crippen LogP contribution in [-0.4, -0.2) is 76.0 Å². The zero-order valence-corrected chi connectivity index (χ0v) is 32.6. The van der Waals surface area contributed by atoms with Gasteiger partial charge in [0, 0.05) is 35.5 Å². The summed E-state index contributed by atoms with van der Waals surface area (Å²) in [7, 11) is 12.1. The Hall–Kier alpha value is -6.70. The van der Waals surface area contributed by atoms with Gasteiger partial charge in [0.05, 0.1) is 70.1 Å². The quantitative estimate of drug-likeness (QED) is 0.0656. The zero-order chi connectivity index (χ0) is 40.2. The fourth-order valence-electron chi connectivity index (χ4n) is 5.79. The van der Waals surface area contributed by atoms with Gasteiger partial charge in [-0.3, -0.25) is 9.59 Å². The maximum absolute atomic E-state index is 14.1. The number of methoxy groups -OCH3 is 8. The molecule has 5 aromatic rings. The van der Waals surface area contributed by atoms with Crippen LogP contribution in [0.1, 0.15) is 18.4 Å². The van der Waals surface area contributed by atoms with E-state index in [-0.39, 0.29) is 40.7 Å². The molecular weight excluding hydrogens is 726 g/mol. The Balaban J connectivity index is 1.27. The van der Waals surface area contributed by atoms with Crippen molar-refractivity contribution >= 4 is 28.6 Å². The summed E-state index contributed by atoms with van der Waals surface area (Å²) in [6.07, 6.45) is 4.20. The monoisotopic (exact) mass is 771 g/mol. The molecule has 1 aromatic heterocycles. The third-order valence-corrected chi connectivity index (χ3v) is 8.58. The number of benzene rings is 4. The van der Waals surface area contributed by atoms with E-state index in [2.05, 4.69) is 5.32 Å². The second kappa shape index (κ2) is 19.1. The summed E-state index contributed by atoms with van der Waals surface area (Å²) < 4.78 is 62.2. The number of amides is 1. The maximum atomic E-state index is 14.1. The molecule has 0 unspecified atom stereocenters. The second-order valence-electron chi connectivity index (χ2n) is 11.9. The first-order chi connectivity index (χ1) is 27.2. The number of anilines is 1. The van der Waals surface area contributed by atoms with Gasteiger partial charge in [-0.25, -0.2) is 0 Å². The first-order valence-corrected chi connectivity index (χ1v) is 17.4. The van der Waals surface area contributed by atoms with Crippen molar-refractivity contribution in [2.24, 2.45) is 0 Å². The topological polar surface area (TPSA) is 152 Å². The third-order valence-electron chi connectivity index (χ3n) is 8.58. The van der Waals surface area contributed by atoms with E-state index in [1.807, 2.05) is 6.07 Å². The summed E-state index contributed by atoms with van der Waals surface area (Å²) in [6, 6.07) is 17.0. The lowest BCUT2D eigenvalue weighted by Crippen LogP contribution is -2.13. The van der Waals surface area contributed by atoms with Gasteiger partial charge in [-0.15, -0.1) is 0 Å². The largest absolute Gasteiger partial charge is 0.496 e. The molecule has 14 heteroatoms. The first kappa shape index (κ1) is 40.5. The van der Waals surface area contributed by atoms with Crippen molar-refractivity contribution in [2.45, 2.75) is 12.8 Å². The van der Waals surface area contributed by atoms with Crippen LogP contribution in [0.4, 0.5) is 5.69 Å². The summed E-state index contributed by atoms with van der Waals surface area (Å²) in [5, 5.41) is 3.00. The molecule has 1 amide bonds. The van der Waals surface area contributed by atoms with E-state index in [9.17, 15) is 9.59 Å². The maximum Gasteiger partial charge on any atom is 0.248 e. The summed E-state index contributed by atoms with van der Waals surface area (Å²) in [5.41, 5.74) is 1.57. The molecule has 1 N–H and O–H groups in total. The number of nitrogens with one attached hydrogen (secondary N) is 1. The van der Waals surface area contributed by atoms with E-state index < -0.39 is 5.43 Å². The summed E-state index contributed by atoms with van der Waals surface area (Å²) in [6.45, 7) is 0.504. The van der Waals surface area contributed by atoms with Gasteiger partial charge in [0.2, 0.25) is 22.8 Å². The zero-order valence-electron chi connectivity index (χ0n) is 32.6. The fourth-order valence-corrected chi connectivity index (χ4v) is 5.79. The fraction of sp³-hybridized carbons (Fsp3) is 0.286. The van der Waals surface area contributed by atoms with Crippen molar-refractivity contribution in [3.05, 3.63) is 82.5 Å². The van der Waals surface area contributed by atoms with Crippen molar-refractivity contribution in [2.75, 3.05) is 75.4 Å². The lowest BCUT2D eigenvalue weighted by atomic mass is 10.1. The summed E-state index contributed by atoms with van der Waals surface area (Å²) >= 11 is 0. The predicted octanol–water partition coefficient (Wildman–Crippen LogP) is 7.42. The average molecular weight is 772 g/mol. The molecule has 0 spiro atoms. The molecule has 0 aliphatic rings. The van der Waals surface area contributed by atoms with Crippen molar-refractivity contribution < 1.29 is 56.6 Å². The minimum absolute atomic E-state index is 0.0149. The number of ether oxygens (including phenoxy) is 10. The highest BCUT2D eigenvalue weighted by atomic mass is 16.5. The van der Waals surface area contributed by atoms with Crippen LogP contribution in [0.15, 0.2) is 76.0 Å². The molecule has 0 atom stereocenters. The first-order valence-electron chi connectivity index (χ1n) is 17.4. The number of rotatable bonds is 19. The molecule has 0 radical (unpaired) electrons. The van der Waals surface area contributed by atoms with Crippen molar-refractivity contribution in [1.82, 2.24) is 0 Å². The average Bonchev–Trinajstić information content (AvgIpc) is 3.23. The van der Waals surface area contributed by atoms with Crippen molar-refractivity contribution in [3.63, 3.8) is 0 Å². The van der Waals surface area contributed by atoms with Crippen LogP contribution in [0, 0.1) is 0 Å². The standard InChI is InChI=1S/C42H45NO13/c1-46-28-23-33(50-5)38-34(24-28)56-40(26-20-35(51-6)41(53-8)36(21-26)52-7)42(39(38)45)55-18-10-9-17-54-30-14-11-25(19-31(30)48-3)12-16-37(44)43-27-13-15-29(47-2)32(22-27)49-4/h11-16,19-24H,9-10,17-18H2,1-8H3,(H,43,44)/b16-12+. The van der Waals surface area contributed by atoms with Gasteiger partial charge in [-0.2, -0.15) is 0 Å². The van der Waals surface area contributed by atoms with E-state index in [0.29, 0.717) is 76.7 Å². The number of carbonyl (C=O) groups is 1. The van der Waals surface area contributed by atoms with Crippen LogP contribution in [0.2, 0.25) is 0 Å². The minimum Gasteiger partial charge on any atom is -0.496 e. The highest BCUT2D eigenvalue weighted by Gasteiger charge is 2.24. The Morgan fingerprint density at radius 1 is 0.607 bits per heavy atom. The molecular formula is C42H45NO13. The Morgan fingerprint density at radius 2 is 1.23 bits per heavy atom. The molecule has 5 rings (SSSR count). The minimum atomic E-state index is -0.428. The second-order valence-corrected chi connectivity index (χ2v) is 11.9. The highest BCUT2D eigenvalue weighted by Crippen LogP contribution is 2.44. The van der Waals surface area contributed by atoms with Crippen LogP contribution in [-0.2, 0) is 4.79 Å². The predicted molar refractivity (Wildman–Crippen MR) is 211 cm³/mol. The molecule has 0 bridgehead atoms. The van der Waals surface area contributed by atoms with Gasteiger partial charge in [-0.1, -0.05) is 6.07 Å². The van der Waals surface area contributed by atoms with Crippen LogP contribution in [0.3, 0.4) is 0 Å².